The molecular weight excluding hydrogens is 435 g/mol. The number of nitrogens with two attached hydrogens (primary N) is 1. The number of halogens is 2. The minimum absolute atomic E-state index is 0.656. The van der Waals surface area contributed by atoms with Crippen molar-refractivity contribution < 1.29 is 34.5 Å². The first-order chi connectivity index (χ1) is 13.9. The predicted molar refractivity (Wildman–Crippen MR) is 114 cm³/mol. The maximum Gasteiger partial charge on any atom is 0.335 e. The summed E-state index contributed by atoms with van der Waals surface area (Å²) in [4.78, 5) is 19.5. The second-order valence-corrected chi connectivity index (χ2v) is 9.09. The minimum atomic E-state index is -2.27. The topological polar surface area (TPSA) is 141 Å². The van der Waals surface area contributed by atoms with Crippen molar-refractivity contribution in [2.45, 2.75) is 39.0 Å². The average Bonchev–Trinajstić information content (AvgIpc) is 3.01. The number of rotatable bonds is 8. The molecule has 10 heteroatoms. The molecule has 170 valence electrons. The molecule has 2 rings (SSSR count). The van der Waals surface area contributed by atoms with Gasteiger partial charge < -0.3 is 30.6 Å². The van der Waals surface area contributed by atoms with Gasteiger partial charge in [-0.25, -0.2) is 9.59 Å². The van der Waals surface area contributed by atoms with Gasteiger partial charge in [-0.05, 0) is 18.2 Å². The highest BCUT2D eigenvalue weighted by atomic mass is 35.5. The van der Waals surface area contributed by atoms with Crippen LogP contribution < -0.4 is 5.73 Å². The molecule has 0 bridgehead atoms. The van der Waals surface area contributed by atoms with E-state index in [-0.39, 0.29) is 0 Å². The highest BCUT2D eigenvalue weighted by Crippen LogP contribution is 2.30. The van der Waals surface area contributed by atoms with E-state index in [4.69, 9.17) is 49.4 Å². The minimum Gasteiger partial charge on any atom is -0.479 e. The Morgan fingerprint density at radius 3 is 1.97 bits per heavy atom. The van der Waals surface area contributed by atoms with Crippen molar-refractivity contribution in [3.63, 3.8) is 0 Å². The van der Waals surface area contributed by atoms with E-state index in [0.717, 1.165) is 27.6 Å². The van der Waals surface area contributed by atoms with Crippen LogP contribution in [0.2, 0.25) is 10.0 Å². The molecule has 1 fully saturated rings. The van der Waals surface area contributed by atoms with Gasteiger partial charge in [-0.15, -0.1) is 0 Å². The Hall–Kier alpha value is -1.42. The highest BCUT2D eigenvalue weighted by Gasteiger charge is 2.38. The zero-order chi connectivity index (χ0) is 23.1. The molecular formula is C20H31Cl2N2O6+. The summed E-state index contributed by atoms with van der Waals surface area (Å²) in [6.45, 7) is 9.98. The molecule has 1 aromatic carbocycles. The Kier molecular flexibility index (Phi) is 10.5. The van der Waals surface area contributed by atoms with Crippen molar-refractivity contribution in [3.05, 3.63) is 33.8 Å². The van der Waals surface area contributed by atoms with Gasteiger partial charge in [0.2, 0.25) is 0 Å². The monoisotopic (exact) mass is 465 g/mol. The van der Waals surface area contributed by atoms with Crippen LogP contribution in [0.1, 0.15) is 25.8 Å². The standard InChI is InChI=1S/C16H25Cl2N2.C4H6O6/c1-12(2)9-20(4-3-13(8-19)10-20)11-14-5-15(17)7-16(18)6-14;5-1(3(7)8)2(6)4(9)10/h5-7,12-13H,3-4,8-11,19H2,1-2H3;1-2,5-6H,(H,7,8)(H,9,10)/q+1;/t13-,20?;/m0./s1. The number of hydrogen-bond acceptors (Lipinski definition) is 5. The summed E-state index contributed by atoms with van der Waals surface area (Å²) < 4.78 is 1.12. The van der Waals surface area contributed by atoms with E-state index in [0.29, 0.717) is 11.8 Å². The number of hydrogen-bond donors (Lipinski definition) is 5. The lowest BCUT2D eigenvalue weighted by atomic mass is 10.1. The van der Waals surface area contributed by atoms with Crippen molar-refractivity contribution >= 4 is 35.1 Å². The van der Waals surface area contributed by atoms with Crippen LogP contribution in [-0.4, -0.2) is 75.2 Å². The van der Waals surface area contributed by atoms with Crippen LogP contribution in [0.5, 0.6) is 0 Å². The molecule has 1 aliphatic rings. The molecule has 0 aromatic heterocycles. The SMILES string of the molecule is CC(C)C[N+]1(Cc2cc(Cl)cc(Cl)c2)CC[C@@H](CN)C1.O=C(O)C(O)C(O)C(=O)O. The van der Waals surface area contributed by atoms with Crippen molar-refractivity contribution in [2.24, 2.45) is 17.6 Å². The van der Waals surface area contributed by atoms with Crippen molar-refractivity contribution in [1.82, 2.24) is 0 Å². The first-order valence-electron chi connectivity index (χ1n) is 9.71. The van der Waals surface area contributed by atoms with E-state index in [1.165, 1.54) is 31.6 Å². The molecule has 0 spiro atoms. The summed E-state index contributed by atoms with van der Waals surface area (Å²) in [6.07, 6.45) is -3.30. The van der Waals surface area contributed by atoms with Crippen molar-refractivity contribution in [2.75, 3.05) is 26.2 Å². The molecule has 0 amide bonds. The Labute approximate surface area is 186 Å². The maximum absolute atomic E-state index is 9.77. The number of aliphatic hydroxyl groups excluding tert-OH is 2. The van der Waals surface area contributed by atoms with Crippen molar-refractivity contribution in [3.8, 4) is 0 Å². The van der Waals surface area contributed by atoms with E-state index in [1.807, 2.05) is 12.1 Å². The maximum atomic E-state index is 9.77. The molecule has 30 heavy (non-hydrogen) atoms. The molecule has 1 aromatic rings. The normalized spacial score (nSPS) is 22.9. The molecule has 0 aliphatic carbocycles. The van der Waals surface area contributed by atoms with Gasteiger partial charge in [0.15, 0.2) is 12.2 Å². The van der Waals surface area contributed by atoms with E-state index >= 15 is 0 Å². The number of carboxylic acids is 2. The summed E-state index contributed by atoms with van der Waals surface area (Å²) in [6, 6.07) is 5.89. The molecule has 6 N–H and O–H groups in total. The van der Waals surface area contributed by atoms with Gasteiger partial charge in [-0.3, -0.25) is 0 Å². The van der Waals surface area contributed by atoms with E-state index < -0.39 is 24.1 Å². The fourth-order valence-corrected chi connectivity index (χ4v) is 4.46. The van der Waals surface area contributed by atoms with Gasteiger partial charge in [0.05, 0.1) is 19.6 Å². The lowest BCUT2D eigenvalue weighted by Gasteiger charge is -2.36. The summed E-state index contributed by atoms with van der Waals surface area (Å²) >= 11 is 12.3. The molecule has 1 heterocycles. The van der Waals surface area contributed by atoms with Gasteiger partial charge in [0, 0.05) is 40.4 Å². The summed E-state index contributed by atoms with van der Waals surface area (Å²) in [5, 5.41) is 34.0. The summed E-state index contributed by atoms with van der Waals surface area (Å²) in [7, 11) is 0. The van der Waals surface area contributed by atoms with Gasteiger partial charge >= 0.3 is 11.9 Å². The third-order valence-corrected chi connectivity index (χ3v) is 5.42. The Morgan fingerprint density at radius 1 is 1.10 bits per heavy atom. The van der Waals surface area contributed by atoms with Crippen LogP contribution in [0.3, 0.4) is 0 Å². The number of carboxylic acid groups (broad SMARTS) is 2. The van der Waals surface area contributed by atoms with E-state index in [2.05, 4.69) is 13.8 Å². The molecule has 3 unspecified atom stereocenters. The zero-order valence-corrected chi connectivity index (χ0v) is 18.7. The van der Waals surface area contributed by atoms with Crippen LogP contribution >= 0.6 is 23.2 Å². The predicted octanol–water partition coefficient (Wildman–Crippen LogP) is 1.82. The number of carbonyl (C=O) groups is 2. The lowest BCUT2D eigenvalue weighted by Crippen LogP contribution is -2.48. The Balaban J connectivity index is 0.000000382. The first-order valence-corrected chi connectivity index (χ1v) is 10.5. The third kappa shape index (κ3) is 8.37. The Morgan fingerprint density at radius 2 is 1.60 bits per heavy atom. The summed E-state index contributed by atoms with van der Waals surface area (Å²) in [5.74, 6) is -2.20. The largest absolute Gasteiger partial charge is 0.479 e. The quantitative estimate of drug-likeness (QED) is 0.368. The molecule has 0 saturated carbocycles. The highest BCUT2D eigenvalue weighted by molar-refractivity contribution is 6.34. The smallest absolute Gasteiger partial charge is 0.335 e. The number of quaternary nitrogens is 1. The number of aliphatic carboxylic acids is 2. The first kappa shape index (κ1) is 26.6. The zero-order valence-electron chi connectivity index (χ0n) is 17.2. The fourth-order valence-electron chi connectivity index (χ4n) is 3.89. The second-order valence-electron chi connectivity index (χ2n) is 8.22. The van der Waals surface area contributed by atoms with Crippen LogP contribution in [0, 0.1) is 11.8 Å². The van der Waals surface area contributed by atoms with Crippen LogP contribution in [0.4, 0.5) is 0 Å². The molecule has 1 aliphatic heterocycles. The molecule has 8 nitrogen and oxygen atoms in total. The average molecular weight is 466 g/mol. The van der Waals surface area contributed by atoms with Gasteiger partial charge in [0.25, 0.3) is 0 Å². The molecule has 4 atom stereocenters. The van der Waals surface area contributed by atoms with E-state index in [9.17, 15) is 9.59 Å². The van der Waals surface area contributed by atoms with Crippen LogP contribution in [0.25, 0.3) is 0 Å². The van der Waals surface area contributed by atoms with Gasteiger partial charge in [-0.1, -0.05) is 37.0 Å². The van der Waals surface area contributed by atoms with Gasteiger partial charge in [0.1, 0.15) is 6.54 Å². The number of likely N-dealkylation sites (tertiary alicyclic amines) is 1. The number of aliphatic hydroxyl groups is 2. The number of benzene rings is 1. The third-order valence-electron chi connectivity index (χ3n) is 4.99. The summed E-state index contributed by atoms with van der Waals surface area (Å²) in [5.41, 5.74) is 7.11. The molecule has 0 radical (unpaired) electrons. The Bertz CT molecular complexity index is 695. The van der Waals surface area contributed by atoms with Crippen LogP contribution in [-0.2, 0) is 16.1 Å². The number of nitrogens with zero attached hydrogens (tertiary/aromatic N) is 1. The fraction of sp³-hybridized carbons (Fsp3) is 0.600. The lowest BCUT2D eigenvalue weighted by molar-refractivity contribution is -0.933. The molecule has 1 saturated heterocycles. The van der Waals surface area contributed by atoms with Gasteiger partial charge in [-0.2, -0.15) is 0 Å². The second kappa shape index (κ2) is 11.8. The van der Waals surface area contributed by atoms with E-state index in [1.54, 1.807) is 6.07 Å². The van der Waals surface area contributed by atoms with Crippen LogP contribution in [0.15, 0.2) is 18.2 Å². The van der Waals surface area contributed by atoms with Crippen molar-refractivity contribution in [1.29, 1.82) is 0 Å².